The molecule has 1 amide bonds. The summed E-state index contributed by atoms with van der Waals surface area (Å²) in [6.45, 7) is 5.09. The molecule has 0 radical (unpaired) electrons. The van der Waals surface area contributed by atoms with Crippen molar-refractivity contribution >= 4 is 5.91 Å². The van der Waals surface area contributed by atoms with Gasteiger partial charge in [0.25, 0.3) is 0 Å². The average molecular weight is 250 g/mol. The van der Waals surface area contributed by atoms with Crippen molar-refractivity contribution in [2.75, 3.05) is 32.7 Å². The van der Waals surface area contributed by atoms with Gasteiger partial charge in [-0.3, -0.25) is 4.79 Å². The van der Waals surface area contributed by atoms with Crippen LogP contribution in [0.5, 0.6) is 0 Å². The Morgan fingerprint density at radius 2 is 1.71 bits per heavy atom. The fourth-order valence-electron chi connectivity index (χ4n) is 2.31. The highest BCUT2D eigenvalue weighted by molar-refractivity contribution is 5.86. The SMILES string of the molecule is CCN1CCN(C(=O)C2(C(F)(F)F)CC2)CC1. The molecule has 0 atom stereocenters. The van der Waals surface area contributed by atoms with E-state index in [2.05, 4.69) is 4.90 Å². The molecule has 1 heterocycles. The van der Waals surface area contributed by atoms with E-state index in [9.17, 15) is 18.0 Å². The van der Waals surface area contributed by atoms with Gasteiger partial charge in [-0.1, -0.05) is 6.92 Å². The predicted molar refractivity (Wildman–Crippen MR) is 56.4 cm³/mol. The first kappa shape index (κ1) is 12.7. The smallest absolute Gasteiger partial charge is 0.339 e. The van der Waals surface area contributed by atoms with Crippen molar-refractivity contribution in [1.82, 2.24) is 9.80 Å². The predicted octanol–water partition coefficient (Wildman–Crippen LogP) is 1.49. The number of halogens is 3. The van der Waals surface area contributed by atoms with Crippen LogP contribution in [0.3, 0.4) is 0 Å². The Morgan fingerprint density at radius 1 is 1.18 bits per heavy atom. The quantitative estimate of drug-likeness (QED) is 0.741. The highest BCUT2D eigenvalue weighted by Gasteiger charge is 2.69. The molecule has 0 aromatic rings. The van der Waals surface area contributed by atoms with Gasteiger partial charge in [0.15, 0.2) is 0 Å². The third-order valence-corrected chi connectivity index (χ3v) is 3.81. The van der Waals surface area contributed by atoms with Crippen molar-refractivity contribution in [1.29, 1.82) is 0 Å². The van der Waals surface area contributed by atoms with Gasteiger partial charge in [-0.05, 0) is 19.4 Å². The van der Waals surface area contributed by atoms with Crippen LogP contribution in [0.25, 0.3) is 0 Å². The molecule has 2 fully saturated rings. The van der Waals surface area contributed by atoms with Gasteiger partial charge in [0.05, 0.1) is 0 Å². The third kappa shape index (κ3) is 2.14. The zero-order chi connectivity index (χ0) is 12.7. The first-order valence-electron chi connectivity index (χ1n) is 5.99. The number of alkyl halides is 3. The van der Waals surface area contributed by atoms with Crippen molar-refractivity contribution in [2.24, 2.45) is 5.41 Å². The molecule has 17 heavy (non-hydrogen) atoms. The zero-order valence-corrected chi connectivity index (χ0v) is 9.89. The minimum absolute atomic E-state index is 0.0384. The van der Waals surface area contributed by atoms with Crippen LogP contribution in [0.15, 0.2) is 0 Å². The second-order valence-corrected chi connectivity index (χ2v) is 4.81. The lowest BCUT2D eigenvalue weighted by molar-refractivity contribution is -0.199. The Labute approximate surface area is 98.6 Å². The molecule has 1 aliphatic carbocycles. The van der Waals surface area contributed by atoms with Crippen molar-refractivity contribution in [2.45, 2.75) is 25.9 Å². The Hall–Kier alpha value is -0.780. The van der Waals surface area contributed by atoms with E-state index in [0.717, 1.165) is 6.54 Å². The van der Waals surface area contributed by atoms with Crippen LogP contribution in [-0.2, 0) is 4.79 Å². The number of nitrogens with zero attached hydrogens (tertiary/aromatic N) is 2. The van der Waals surface area contributed by atoms with Gasteiger partial charge in [0.1, 0.15) is 5.41 Å². The minimum atomic E-state index is -4.38. The molecule has 0 bridgehead atoms. The molecule has 0 N–H and O–H groups in total. The second kappa shape index (κ2) is 4.15. The Morgan fingerprint density at radius 3 is 2.06 bits per heavy atom. The van der Waals surface area contributed by atoms with Crippen LogP contribution in [0, 0.1) is 5.41 Å². The summed E-state index contributed by atoms with van der Waals surface area (Å²) in [5, 5.41) is 0. The van der Waals surface area contributed by atoms with Gasteiger partial charge in [-0.15, -0.1) is 0 Å². The van der Waals surface area contributed by atoms with Crippen LogP contribution in [0.2, 0.25) is 0 Å². The van der Waals surface area contributed by atoms with E-state index in [1.807, 2.05) is 6.92 Å². The maximum Gasteiger partial charge on any atom is 0.403 e. The third-order valence-electron chi connectivity index (χ3n) is 3.81. The number of likely N-dealkylation sites (N-methyl/N-ethyl adjacent to an activating group) is 1. The molecule has 98 valence electrons. The van der Waals surface area contributed by atoms with Gasteiger partial charge in [0, 0.05) is 26.2 Å². The summed E-state index contributed by atoms with van der Waals surface area (Å²) in [4.78, 5) is 15.4. The highest BCUT2D eigenvalue weighted by Crippen LogP contribution is 2.58. The van der Waals surface area contributed by atoms with Gasteiger partial charge >= 0.3 is 6.18 Å². The van der Waals surface area contributed by atoms with E-state index < -0.39 is 17.5 Å². The van der Waals surface area contributed by atoms with Crippen molar-refractivity contribution in [3.05, 3.63) is 0 Å². The number of carbonyl (C=O) groups excluding carboxylic acids is 1. The number of hydrogen-bond acceptors (Lipinski definition) is 2. The molecular formula is C11H17F3N2O. The fourth-order valence-corrected chi connectivity index (χ4v) is 2.31. The van der Waals surface area contributed by atoms with E-state index in [1.54, 1.807) is 0 Å². The maximum absolute atomic E-state index is 12.8. The van der Waals surface area contributed by atoms with Crippen LogP contribution in [0.4, 0.5) is 13.2 Å². The van der Waals surface area contributed by atoms with Crippen LogP contribution >= 0.6 is 0 Å². The molecule has 1 saturated carbocycles. The molecule has 0 spiro atoms. The summed E-state index contributed by atoms with van der Waals surface area (Å²) in [6.07, 6.45) is -4.46. The molecule has 6 heteroatoms. The molecule has 2 rings (SSSR count). The molecule has 0 aromatic heterocycles. The molecule has 1 saturated heterocycles. The Bertz CT molecular complexity index is 304. The molecule has 1 aliphatic heterocycles. The van der Waals surface area contributed by atoms with E-state index in [0.29, 0.717) is 26.2 Å². The molecule has 0 unspecified atom stereocenters. The first-order chi connectivity index (χ1) is 7.90. The summed E-state index contributed by atoms with van der Waals surface area (Å²) in [5.41, 5.74) is -2.04. The topological polar surface area (TPSA) is 23.6 Å². The van der Waals surface area contributed by atoms with Gasteiger partial charge in [-0.2, -0.15) is 13.2 Å². The summed E-state index contributed by atoms with van der Waals surface area (Å²) >= 11 is 0. The number of amides is 1. The average Bonchev–Trinajstić information content (AvgIpc) is 3.08. The van der Waals surface area contributed by atoms with Gasteiger partial charge in [0.2, 0.25) is 5.91 Å². The van der Waals surface area contributed by atoms with E-state index in [1.165, 1.54) is 4.90 Å². The van der Waals surface area contributed by atoms with Crippen LogP contribution in [-0.4, -0.2) is 54.6 Å². The summed E-state index contributed by atoms with van der Waals surface area (Å²) in [7, 11) is 0. The van der Waals surface area contributed by atoms with Crippen LogP contribution < -0.4 is 0 Å². The van der Waals surface area contributed by atoms with Gasteiger partial charge in [-0.25, -0.2) is 0 Å². The Balaban J connectivity index is 1.98. The fraction of sp³-hybridized carbons (Fsp3) is 0.909. The molecule has 2 aliphatic rings. The lowest BCUT2D eigenvalue weighted by atomic mass is 10.0. The highest BCUT2D eigenvalue weighted by atomic mass is 19.4. The second-order valence-electron chi connectivity index (χ2n) is 4.81. The van der Waals surface area contributed by atoms with Crippen molar-refractivity contribution in [3.8, 4) is 0 Å². The lowest BCUT2D eigenvalue weighted by Crippen LogP contribution is -2.52. The minimum Gasteiger partial charge on any atom is -0.339 e. The van der Waals surface area contributed by atoms with E-state index in [4.69, 9.17) is 0 Å². The van der Waals surface area contributed by atoms with Crippen molar-refractivity contribution in [3.63, 3.8) is 0 Å². The standard InChI is InChI=1S/C11H17F3N2O/c1-2-15-5-7-16(8-6-15)9(17)10(3-4-10)11(12,13)14/h2-8H2,1H3. The normalized spacial score (nSPS) is 24.8. The number of hydrogen-bond donors (Lipinski definition) is 0. The molecular weight excluding hydrogens is 233 g/mol. The summed E-state index contributed by atoms with van der Waals surface area (Å²) in [6, 6.07) is 0. The van der Waals surface area contributed by atoms with Crippen molar-refractivity contribution < 1.29 is 18.0 Å². The summed E-state index contributed by atoms with van der Waals surface area (Å²) < 4.78 is 38.4. The zero-order valence-electron chi connectivity index (χ0n) is 9.89. The van der Waals surface area contributed by atoms with Gasteiger partial charge < -0.3 is 9.80 Å². The monoisotopic (exact) mass is 250 g/mol. The first-order valence-corrected chi connectivity index (χ1v) is 5.99. The largest absolute Gasteiger partial charge is 0.403 e. The Kier molecular flexibility index (Phi) is 3.10. The molecule has 3 nitrogen and oxygen atoms in total. The van der Waals surface area contributed by atoms with Crippen LogP contribution in [0.1, 0.15) is 19.8 Å². The lowest BCUT2D eigenvalue weighted by Gasteiger charge is -2.36. The van der Waals surface area contributed by atoms with E-state index >= 15 is 0 Å². The number of carbonyl (C=O) groups is 1. The van der Waals surface area contributed by atoms with E-state index in [-0.39, 0.29) is 12.8 Å². The molecule has 0 aromatic carbocycles. The number of piperazine rings is 1. The summed E-state index contributed by atoms with van der Waals surface area (Å²) in [5.74, 6) is -0.708. The maximum atomic E-state index is 12.8. The number of rotatable bonds is 2.